The van der Waals surface area contributed by atoms with Gasteiger partial charge in [-0.05, 0) is 48.7 Å². The number of halogens is 1. The van der Waals surface area contributed by atoms with E-state index in [2.05, 4.69) is 34.6 Å². The van der Waals surface area contributed by atoms with Gasteiger partial charge in [-0.15, -0.1) is 0 Å². The molecule has 0 heterocycles. The highest BCUT2D eigenvalue weighted by molar-refractivity contribution is 9.10. The SMILES string of the molecule is C=C(N=C(c1cc(OC)ccc1C)N(CCC(=O)O)CCc1ccccc1)c1cccc(Br)c1. The van der Waals surface area contributed by atoms with Crippen molar-refractivity contribution in [2.45, 2.75) is 19.8 Å². The zero-order valence-electron chi connectivity index (χ0n) is 19.5. The van der Waals surface area contributed by atoms with Gasteiger partial charge in [0.05, 0.1) is 19.2 Å². The molecule has 1 N–H and O–H groups in total. The second-order valence-corrected chi connectivity index (χ2v) is 8.86. The molecule has 0 atom stereocenters. The van der Waals surface area contributed by atoms with Crippen molar-refractivity contribution in [2.24, 2.45) is 4.99 Å². The Balaban J connectivity index is 2.07. The highest BCUT2D eigenvalue weighted by Crippen LogP contribution is 2.24. The Bertz CT molecular complexity index is 1180. The summed E-state index contributed by atoms with van der Waals surface area (Å²) < 4.78 is 6.41. The average molecular weight is 521 g/mol. The van der Waals surface area contributed by atoms with Crippen molar-refractivity contribution in [3.05, 3.63) is 106 Å². The number of carbonyl (C=O) groups is 1. The lowest BCUT2D eigenvalue weighted by molar-refractivity contribution is -0.137. The van der Waals surface area contributed by atoms with E-state index in [9.17, 15) is 9.90 Å². The summed E-state index contributed by atoms with van der Waals surface area (Å²) in [5, 5.41) is 9.42. The Labute approximate surface area is 209 Å². The minimum Gasteiger partial charge on any atom is -0.497 e. The molecule has 3 aromatic rings. The molecule has 5 nitrogen and oxygen atoms in total. The molecular weight excluding hydrogens is 492 g/mol. The van der Waals surface area contributed by atoms with Crippen LogP contribution in [0.4, 0.5) is 0 Å². The summed E-state index contributed by atoms with van der Waals surface area (Å²) in [4.78, 5) is 18.5. The quantitative estimate of drug-likeness (QED) is 0.255. The maximum atomic E-state index is 11.5. The summed E-state index contributed by atoms with van der Waals surface area (Å²) in [7, 11) is 1.63. The Morgan fingerprint density at radius 3 is 2.50 bits per heavy atom. The summed E-state index contributed by atoms with van der Waals surface area (Å²) in [5.74, 6) is 0.540. The minimum atomic E-state index is -0.850. The Morgan fingerprint density at radius 2 is 1.82 bits per heavy atom. The van der Waals surface area contributed by atoms with Crippen LogP contribution in [0.15, 0.2) is 88.8 Å². The largest absolute Gasteiger partial charge is 0.497 e. The first-order valence-corrected chi connectivity index (χ1v) is 11.9. The van der Waals surface area contributed by atoms with Crippen molar-refractivity contribution in [3.63, 3.8) is 0 Å². The third-order valence-corrected chi connectivity index (χ3v) is 5.99. The normalized spacial score (nSPS) is 11.2. The molecule has 0 unspecified atom stereocenters. The van der Waals surface area contributed by atoms with E-state index in [4.69, 9.17) is 9.73 Å². The molecular formula is C28H29BrN2O3. The maximum absolute atomic E-state index is 11.5. The number of nitrogens with zero attached hydrogens (tertiary/aromatic N) is 2. The lowest BCUT2D eigenvalue weighted by Gasteiger charge is -2.27. The van der Waals surface area contributed by atoms with Gasteiger partial charge in [0, 0.05) is 28.7 Å². The number of aliphatic imine (C=N–C) groups is 1. The van der Waals surface area contributed by atoms with E-state index >= 15 is 0 Å². The molecule has 0 fully saturated rings. The standard InChI is InChI=1S/C28H29BrN2O3/c1-20-12-13-25(34-3)19-26(20)28(30-21(2)23-10-7-11-24(29)18-23)31(17-15-27(32)33)16-14-22-8-5-4-6-9-22/h4-13,18-19H,2,14-17H2,1,3H3,(H,32,33). The highest BCUT2D eigenvalue weighted by Gasteiger charge is 2.19. The molecule has 3 rings (SSSR count). The van der Waals surface area contributed by atoms with Crippen LogP contribution in [0.2, 0.25) is 0 Å². The predicted octanol–water partition coefficient (Wildman–Crippen LogP) is 6.20. The van der Waals surface area contributed by atoms with Gasteiger partial charge in [0.2, 0.25) is 0 Å². The van der Waals surface area contributed by atoms with E-state index in [-0.39, 0.29) is 6.42 Å². The van der Waals surface area contributed by atoms with E-state index in [0.29, 0.717) is 30.4 Å². The summed E-state index contributed by atoms with van der Waals surface area (Å²) in [6.07, 6.45) is 0.756. The molecule has 0 radical (unpaired) electrons. The number of ether oxygens (including phenoxy) is 1. The van der Waals surface area contributed by atoms with E-state index in [1.165, 1.54) is 5.56 Å². The smallest absolute Gasteiger partial charge is 0.305 e. The number of amidine groups is 1. The van der Waals surface area contributed by atoms with Crippen LogP contribution >= 0.6 is 15.9 Å². The van der Waals surface area contributed by atoms with E-state index < -0.39 is 5.97 Å². The van der Waals surface area contributed by atoms with Gasteiger partial charge in [0.1, 0.15) is 11.6 Å². The molecule has 0 saturated heterocycles. The third-order valence-electron chi connectivity index (χ3n) is 5.49. The van der Waals surface area contributed by atoms with Crippen LogP contribution in [-0.4, -0.2) is 42.0 Å². The molecule has 0 bridgehead atoms. The van der Waals surface area contributed by atoms with Gasteiger partial charge >= 0.3 is 5.97 Å². The summed E-state index contributed by atoms with van der Waals surface area (Å²) in [5.41, 5.74) is 4.55. The molecule has 6 heteroatoms. The van der Waals surface area contributed by atoms with Crippen LogP contribution in [0.1, 0.15) is 28.7 Å². The van der Waals surface area contributed by atoms with Gasteiger partial charge in [0.15, 0.2) is 0 Å². The van der Waals surface area contributed by atoms with Gasteiger partial charge in [-0.25, -0.2) is 4.99 Å². The molecule has 34 heavy (non-hydrogen) atoms. The topological polar surface area (TPSA) is 62.1 Å². The van der Waals surface area contributed by atoms with Gasteiger partial charge < -0.3 is 14.7 Å². The lowest BCUT2D eigenvalue weighted by atomic mass is 10.0. The van der Waals surface area contributed by atoms with Crippen molar-refractivity contribution in [2.75, 3.05) is 20.2 Å². The molecule has 0 spiro atoms. The fourth-order valence-electron chi connectivity index (χ4n) is 3.59. The number of carboxylic acids is 1. The lowest BCUT2D eigenvalue weighted by Crippen LogP contribution is -2.36. The van der Waals surface area contributed by atoms with Gasteiger partial charge in [-0.3, -0.25) is 4.79 Å². The maximum Gasteiger partial charge on any atom is 0.305 e. The molecule has 0 aromatic heterocycles. The monoisotopic (exact) mass is 520 g/mol. The number of hydrogen-bond donors (Lipinski definition) is 1. The van der Waals surface area contributed by atoms with Crippen LogP contribution in [0.3, 0.4) is 0 Å². The number of hydrogen-bond acceptors (Lipinski definition) is 3. The zero-order chi connectivity index (χ0) is 24.5. The van der Waals surface area contributed by atoms with Crippen LogP contribution in [0.5, 0.6) is 5.75 Å². The molecule has 0 aliphatic carbocycles. The van der Waals surface area contributed by atoms with Crippen LogP contribution in [0.25, 0.3) is 5.70 Å². The number of aryl methyl sites for hydroxylation is 1. The third kappa shape index (κ3) is 7.06. The minimum absolute atomic E-state index is 0.000186. The fourth-order valence-corrected chi connectivity index (χ4v) is 3.99. The zero-order valence-corrected chi connectivity index (χ0v) is 21.1. The second kappa shape index (κ2) is 12.2. The predicted molar refractivity (Wildman–Crippen MR) is 141 cm³/mol. The first kappa shape index (κ1) is 25.2. The van der Waals surface area contributed by atoms with E-state index in [0.717, 1.165) is 27.6 Å². The van der Waals surface area contributed by atoms with E-state index in [1.807, 2.05) is 72.5 Å². The average Bonchev–Trinajstić information content (AvgIpc) is 2.84. The van der Waals surface area contributed by atoms with E-state index in [1.54, 1.807) is 7.11 Å². The Kier molecular flexibility index (Phi) is 9.05. The molecule has 176 valence electrons. The number of benzene rings is 3. The van der Waals surface area contributed by atoms with Gasteiger partial charge in [-0.1, -0.05) is 71.0 Å². The van der Waals surface area contributed by atoms with Gasteiger partial charge in [-0.2, -0.15) is 0 Å². The number of carboxylic acid groups (broad SMARTS) is 1. The van der Waals surface area contributed by atoms with Crippen molar-refractivity contribution < 1.29 is 14.6 Å². The van der Waals surface area contributed by atoms with Crippen molar-refractivity contribution >= 4 is 33.4 Å². The number of methoxy groups -OCH3 is 1. The van der Waals surface area contributed by atoms with Gasteiger partial charge in [0.25, 0.3) is 0 Å². The molecule has 3 aromatic carbocycles. The molecule has 0 amide bonds. The summed E-state index contributed by atoms with van der Waals surface area (Å²) >= 11 is 3.51. The van der Waals surface area contributed by atoms with Crippen molar-refractivity contribution in [3.8, 4) is 5.75 Å². The second-order valence-electron chi connectivity index (χ2n) is 7.94. The van der Waals surface area contributed by atoms with Crippen LogP contribution in [-0.2, 0) is 11.2 Å². The Hall–Kier alpha value is -3.38. The fraction of sp³-hybridized carbons (Fsp3) is 0.214. The van der Waals surface area contributed by atoms with Crippen molar-refractivity contribution in [1.82, 2.24) is 4.90 Å². The molecule has 0 aliphatic heterocycles. The first-order valence-electron chi connectivity index (χ1n) is 11.1. The first-order chi connectivity index (χ1) is 16.4. The number of aliphatic carboxylic acids is 1. The summed E-state index contributed by atoms with van der Waals surface area (Å²) in [6.45, 7) is 7.16. The van der Waals surface area contributed by atoms with Crippen LogP contribution in [0, 0.1) is 6.92 Å². The van der Waals surface area contributed by atoms with Crippen LogP contribution < -0.4 is 4.74 Å². The van der Waals surface area contributed by atoms with Crippen molar-refractivity contribution in [1.29, 1.82) is 0 Å². The Morgan fingerprint density at radius 1 is 1.06 bits per heavy atom. The molecule has 0 saturated carbocycles. The highest BCUT2D eigenvalue weighted by atomic mass is 79.9. The summed E-state index contributed by atoms with van der Waals surface area (Å²) in [6, 6.07) is 23.8. The number of rotatable bonds is 10. The molecule has 0 aliphatic rings.